The second-order valence-electron chi connectivity index (χ2n) is 10.3. The maximum atomic E-state index is 6.56. The van der Waals surface area contributed by atoms with Crippen LogP contribution < -0.4 is 4.43 Å². The van der Waals surface area contributed by atoms with Crippen molar-refractivity contribution in [2.75, 3.05) is 0 Å². The summed E-state index contributed by atoms with van der Waals surface area (Å²) < 4.78 is 7.72. The van der Waals surface area contributed by atoms with E-state index in [2.05, 4.69) is 61.9 Å². The Kier molecular flexibility index (Phi) is 4.43. The smallest absolute Gasteiger partial charge is 0.274 e. The van der Waals surface area contributed by atoms with E-state index in [4.69, 9.17) is 4.43 Å². The van der Waals surface area contributed by atoms with Gasteiger partial charge in [-0.05, 0) is 102 Å². The summed E-state index contributed by atoms with van der Waals surface area (Å²) in [6.45, 7) is 11.6. The van der Waals surface area contributed by atoms with Crippen molar-refractivity contribution in [3.8, 4) is 5.75 Å². The van der Waals surface area contributed by atoms with Crippen LogP contribution in [0.15, 0.2) is 16.6 Å². The first-order valence-corrected chi connectivity index (χ1v) is 13.2. The lowest BCUT2D eigenvalue weighted by Crippen LogP contribution is -2.49. The monoisotopic (exact) mass is 419 g/mol. The number of halogens is 1. The molecule has 1 radical (unpaired) electrons. The fourth-order valence-corrected chi connectivity index (χ4v) is 7.61. The molecule has 0 spiro atoms. The van der Waals surface area contributed by atoms with Crippen LogP contribution in [0, 0.1) is 17.8 Å². The molecule has 4 aliphatic carbocycles. The van der Waals surface area contributed by atoms with E-state index < -0.39 is 9.04 Å². The molecule has 0 N–H and O–H groups in total. The van der Waals surface area contributed by atoms with Crippen LogP contribution in [0.2, 0.25) is 13.1 Å². The molecule has 4 fully saturated rings. The fraction of sp³-hybridized carbons (Fsp3) is 0.727. The Morgan fingerprint density at radius 2 is 1.52 bits per heavy atom. The van der Waals surface area contributed by atoms with Crippen molar-refractivity contribution in [3.63, 3.8) is 0 Å². The van der Waals surface area contributed by atoms with Crippen LogP contribution in [0.25, 0.3) is 0 Å². The lowest BCUT2D eigenvalue weighted by molar-refractivity contribution is -0.00661. The zero-order valence-corrected chi connectivity index (χ0v) is 19.0. The van der Waals surface area contributed by atoms with Crippen LogP contribution in [-0.2, 0) is 10.8 Å². The Bertz CT molecular complexity index is 638. The minimum atomic E-state index is -0.792. The minimum Gasteiger partial charge on any atom is -0.542 e. The first-order chi connectivity index (χ1) is 11.7. The Hall–Kier alpha value is -0.283. The average molecular weight is 420 g/mol. The quantitative estimate of drug-likeness (QED) is 0.486. The Morgan fingerprint density at radius 1 is 1.00 bits per heavy atom. The molecule has 3 heteroatoms. The molecule has 5 rings (SSSR count). The Morgan fingerprint density at radius 3 is 1.96 bits per heavy atom. The highest BCUT2D eigenvalue weighted by Gasteiger charge is 2.53. The molecule has 0 aromatic heterocycles. The lowest BCUT2D eigenvalue weighted by Gasteiger charge is -2.58. The zero-order valence-electron chi connectivity index (χ0n) is 16.4. The number of hydrogen-bond acceptors (Lipinski definition) is 1. The molecule has 0 saturated heterocycles. The van der Waals surface area contributed by atoms with Gasteiger partial charge in [0.15, 0.2) is 0 Å². The normalized spacial score (nSPS) is 34.0. The van der Waals surface area contributed by atoms with Crippen LogP contribution >= 0.6 is 15.9 Å². The third-order valence-corrected chi connectivity index (χ3v) is 8.03. The topological polar surface area (TPSA) is 9.23 Å². The Balaban J connectivity index is 1.91. The van der Waals surface area contributed by atoms with Crippen LogP contribution in [0.3, 0.4) is 0 Å². The number of hydrogen-bond donors (Lipinski definition) is 0. The summed E-state index contributed by atoms with van der Waals surface area (Å²) in [5, 5.41) is 0. The maximum absolute atomic E-state index is 6.56. The van der Waals surface area contributed by atoms with E-state index in [1.807, 2.05) is 0 Å². The van der Waals surface area contributed by atoms with Crippen molar-refractivity contribution in [3.05, 3.63) is 27.7 Å². The van der Waals surface area contributed by atoms with Crippen molar-refractivity contribution in [2.45, 2.75) is 83.2 Å². The van der Waals surface area contributed by atoms with Crippen molar-refractivity contribution >= 4 is 25.0 Å². The van der Waals surface area contributed by atoms with Crippen molar-refractivity contribution in [1.29, 1.82) is 0 Å². The van der Waals surface area contributed by atoms with Gasteiger partial charge in [-0.2, -0.15) is 0 Å². The molecule has 4 aliphatic rings. The standard InChI is InChI=1S/C22H32BrOSi/c1-21(2,3)17-6-7-18(23)20(24-25(4)5)19(17)22-11-14-8-15(12-22)10-16(9-14)13-22/h6-7,14-16H,8-13H2,1-5H3. The van der Waals surface area contributed by atoms with E-state index in [0.717, 1.165) is 22.2 Å². The van der Waals surface area contributed by atoms with Crippen molar-refractivity contribution in [2.24, 2.45) is 17.8 Å². The summed E-state index contributed by atoms with van der Waals surface area (Å²) in [6, 6.07) is 4.60. The van der Waals surface area contributed by atoms with E-state index >= 15 is 0 Å². The van der Waals surface area contributed by atoms with E-state index in [-0.39, 0.29) is 5.41 Å². The molecule has 0 unspecified atom stereocenters. The molecule has 137 valence electrons. The summed E-state index contributed by atoms with van der Waals surface area (Å²) in [5.74, 6) is 4.06. The highest BCUT2D eigenvalue weighted by molar-refractivity contribution is 9.10. The SMILES string of the molecule is C[Si](C)Oc1c(Br)ccc(C(C)(C)C)c1C12CC3CC(CC(C3)C1)C2. The van der Waals surface area contributed by atoms with Crippen LogP contribution in [-0.4, -0.2) is 9.04 Å². The second-order valence-corrected chi connectivity index (χ2v) is 13.1. The highest BCUT2D eigenvalue weighted by atomic mass is 79.9. The van der Waals surface area contributed by atoms with Crippen molar-refractivity contribution in [1.82, 2.24) is 0 Å². The van der Waals surface area contributed by atoms with Gasteiger partial charge in [0.2, 0.25) is 0 Å². The van der Waals surface area contributed by atoms with Gasteiger partial charge >= 0.3 is 0 Å². The molecular formula is C22H32BrOSi. The van der Waals surface area contributed by atoms with Gasteiger partial charge in [0.05, 0.1) is 4.47 Å². The Labute approximate surface area is 163 Å². The molecule has 1 nitrogen and oxygen atoms in total. The third-order valence-electron chi connectivity index (χ3n) is 6.79. The molecule has 1 aromatic carbocycles. The zero-order chi connectivity index (χ0) is 18.0. The van der Waals surface area contributed by atoms with Gasteiger partial charge in [-0.15, -0.1) is 0 Å². The largest absolute Gasteiger partial charge is 0.542 e. The summed E-state index contributed by atoms with van der Waals surface area (Å²) in [4.78, 5) is 0. The number of benzene rings is 1. The molecule has 4 saturated carbocycles. The minimum absolute atomic E-state index is 0.159. The first-order valence-electron chi connectivity index (χ1n) is 9.99. The van der Waals surface area contributed by atoms with Gasteiger partial charge in [0.25, 0.3) is 9.04 Å². The predicted molar refractivity (Wildman–Crippen MR) is 111 cm³/mol. The second kappa shape index (κ2) is 6.12. The van der Waals surface area contributed by atoms with Crippen LogP contribution in [0.5, 0.6) is 5.75 Å². The van der Waals surface area contributed by atoms with Gasteiger partial charge in [0, 0.05) is 11.0 Å². The molecular weight excluding hydrogens is 388 g/mol. The van der Waals surface area contributed by atoms with E-state index in [1.54, 1.807) is 5.56 Å². The first kappa shape index (κ1) is 18.1. The molecule has 0 heterocycles. The summed E-state index contributed by atoms with van der Waals surface area (Å²) in [6.07, 6.45) is 8.65. The van der Waals surface area contributed by atoms with Gasteiger partial charge < -0.3 is 4.43 Å². The number of rotatable bonds is 3. The summed E-state index contributed by atoms with van der Waals surface area (Å²) >= 11 is 3.85. The van der Waals surface area contributed by atoms with E-state index in [0.29, 0.717) is 5.41 Å². The lowest BCUT2D eigenvalue weighted by atomic mass is 9.47. The van der Waals surface area contributed by atoms with Gasteiger partial charge in [-0.25, -0.2) is 0 Å². The van der Waals surface area contributed by atoms with Crippen LogP contribution in [0.1, 0.15) is 70.4 Å². The maximum Gasteiger partial charge on any atom is 0.274 e. The fourth-order valence-electron chi connectivity index (χ4n) is 6.43. The molecule has 25 heavy (non-hydrogen) atoms. The average Bonchev–Trinajstić information content (AvgIpc) is 2.46. The molecule has 0 amide bonds. The molecule has 0 atom stereocenters. The van der Waals surface area contributed by atoms with Gasteiger partial charge in [0.1, 0.15) is 5.75 Å². The highest BCUT2D eigenvalue weighted by Crippen LogP contribution is 2.63. The summed E-state index contributed by atoms with van der Waals surface area (Å²) in [7, 11) is -0.792. The van der Waals surface area contributed by atoms with E-state index in [9.17, 15) is 0 Å². The third kappa shape index (κ3) is 3.14. The van der Waals surface area contributed by atoms with Gasteiger partial charge in [-0.3, -0.25) is 0 Å². The van der Waals surface area contributed by atoms with Crippen molar-refractivity contribution < 1.29 is 4.43 Å². The van der Waals surface area contributed by atoms with E-state index in [1.165, 1.54) is 49.8 Å². The molecule has 4 bridgehead atoms. The predicted octanol–water partition coefficient (Wildman–Crippen LogP) is 6.84. The molecule has 1 aromatic rings. The van der Waals surface area contributed by atoms with Crippen LogP contribution in [0.4, 0.5) is 0 Å². The van der Waals surface area contributed by atoms with Gasteiger partial charge in [-0.1, -0.05) is 26.8 Å². The molecule has 0 aliphatic heterocycles. The summed E-state index contributed by atoms with van der Waals surface area (Å²) in [5.41, 5.74) is 3.63.